The number of ether oxygens (including phenoxy) is 1. The normalized spacial score (nSPS) is 16.9. The van der Waals surface area contributed by atoms with E-state index in [4.69, 9.17) is 33.0 Å². The van der Waals surface area contributed by atoms with Crippen LogP contribution < -0.4 is 4.74 Å². The molecule has 1 heterocycles. The van der Waals surface area contributed by atoms with Crippen LogP contribution in [0.25, 0.3) is 6.08 Å². The Kier molecular flexibility index (Phi) is 5.98. The Labute approximate surface area is 175 Å². The number of nitrogens with zero attached hydrogens (tertiary/aromatic N) is 2. The molecule has 2 aromatic carbocycles. The standard InChI is InChI=1S/C19H14Cl2N2O4S/c1-23-17(24)15(8-11-6-12(20)9-14(21)16(11)27-2)28-19(23)22-13-5-3-4-10(7-13)18(25)26/h3-9H,1-2H3,(H,25,26). The van der Waals surface area contributed by atoms with Gasteiger partial charge in [0.2, 0.25) is 0 Å². The van der Waals surface area contributed by atoms with Crippen LogP contribution in [-0.2, 0) is 4.79 Å². The highest BCUT2D eigenvalue weighted by atomic mass is 35.5. The van der Waals surface area contributed by atoms with Crippen molar-refractivity contribution in [2.24, 2.45) is 4.99 Å². The van der Waals surface area contributed by atoms with Crippen molar-refractivity contribution in [3.63, 3.8) is 0 Å². The number of thioether (sulfide) groups is 1. The van der Waals surface area contributed by atoms with Crippen LogP contribution in [0.3, 0.4) is 0 Å². The molecule has 0 aliphatic carbocycles. The number of aromatic carboxylic acids is 1. The molecule has 1 amide bonds. The zero-order valence-corrected chi connectivity index (χ0v) is 17.1. The molecule has 6 nitrogen and oxygen atoms in total. The summed E-state index contributed by atoms with van der Waals surface area (Å²) >= 11 is 13.4. The van der Waals surface area contributed by atoms with Crippen LogP contribution in [0, 0.1) is 0 Å². The van der Waals surface area contributed by atoms with Crippen molar-refractivity contribution in [2.75, 3.05) is 14.2 Å². The maximum Gasteiger partial charge on any atom is 0.335 e. The number of rotatable bonds is 4. The molecule has 1 aliphatic rings. The summed E-state index contributed by atoms with van der Waals surface area (Å²) in [4.78, 5) is 29.9. The predicted molar refractivity (Wildman–Crippen MR) is 112 cm³/mol. The second-order valence-electron chi connectivity index (χ2n) is 5.73. The average Bonchev–Trinajstić information content (AvgIpc) is 2.89. The summed E-state index contributed by atoms with van der Waals surface area (Å²) in [5.74, 6) is -0.887. The number of hydrogen-bond acceptors (Lipinski definition) is 5. The lowest BCUT2D eigenvalue weighted by atomic mass is 10.2. The Bertz CT molecular complexity index is 1040. The number of aliphatic imine (C=N–C) groups is 1. The van der Waals surface area contributed by atoms with E-state index in [0.29, 0.717) is 37.1 Å². The molecule has 2 aromatic rings. The average molecular weight is 437 g/mol. The molecule has 0 unspecified atom stereocenters. The highest BCUT2D eigenvalue weighted by Crippen LogP contribution is 2.38. The Morgan fingerprint density at radius 1 is 1.29 bits per heavy atom. The maximum atomic E-state index is 12.6. The Morgan fingerprint density at radius 3 is 2.71 bits per heavy atom. The Morgan fingerprint density at radius 2 is 2.04 bits per heavy atom. The number of carboxylic acids is 1. The number of amidine groups is 1. The molecule has 0 aromatic heterocycles. The first kappa shape index (κ1) is 20.3. The van der Waals surface area contributed by atoms with Gasteiger partial charge in [0, 0.05) is 17.6 Å². The highest BCUT2D eigenvalue weighted by Gasteiger charge is 2.31. The van der Waals surface area contributed by atoms with Crippen molar-refractivity contribution in [1.29, 1.82) is 0 Å². The molecule has 1 N–H and O–H groups in total. The summed E-state index contributed by atoms with van der Waals surface area (Å²) in [7, 11) is 3.08. The number of likely N-dealkylation sites (N-methyl/N-ethyl adjacent to an activating group) is 1. The summed E-state index contributed by atoms with van der Waals surface area (Å²) in [5.41, 5.74) is 1.12. The van der Waals surface area contributed by atoms with Crippen LogP contribution >= 0.6 is 35.0 Å². The number of benzene rings is 2. The molecular formula is C19H14Cl2N2O4S. The van der Waals surface area contributed by atoms with E-state index in [2.05, 4.69) is 4.99 Å². The molecule has 0 atom stereocenters. The number of carboxylic acid groups (broad SMARTS) is 1. The molecule has 1 aliphatic heterocycles. The van der Waals surface area contributed by atoms with Crippen LogP contribution in [0.2, 0.25) is 10.0 Å². The lowest BCUT2D eigenvalue weighted by Gasteiger charge is -2.08. The first-order valence-corrected chi connectivity index (χ1v) is 9.50. The zero-order valence-electron chi connectivity index (χ0n) is 14.8. The van der Waals surface area contributed by atoms with Gasteiger partial charge in [0.15, 0.2) is 5.17 Å². The predicted octanol–water partition coefficient (Wildman–Crippen LogP) is 4.93. The number of methoxy groups -OCH3 is 1. The van der Waals surface area contributed by atoms with E-state index in [0.717, 1.165) is 11.8 Å². The number of carbonyl (C=O) groups excluding carboxylic acids is 1. The molecule has 1 fully saturated rings. The topological polar surface area (TPSA) is 79.2 Å². The molecule has 0 radical (unpaired) electrons. The van der Waals surface area contributed by atoms with Gasteiger partial charge in [0.05, 0.1) is 28.3 Å². The minimum atomic E-state index is -1.05. The number of hydrogen-bond donors (Lipinski definition) is 1. The third kappa shape index (κ3) is 4.16. The molecule has 28 heavy (non-hydrogen) atoms. The number of amides is 1. The quantitative estimate of drug-likeness (QED) is 0.686. The van der Waals surface area contributed by atoms with E-state index >= 15 is 0 Å². The van der Waals surface area contributed by atoms with Crippen molar-refractivity contribution in [3.05, 3.63) is 62.5 Å². The van der Waals surface area contributed by atoms with E-state index in [1.807, 2.05) is 0 Å². The largest absolute Gasteiger partial charge is 0.495 e. The van der Waals surface area contributed by atoms with E-state index in [1.54, 1.807) is 37.4 Å². The van der Waals surface area contributed by atoms with Crippen molar-refractivity contribution in [2.45, 2.75) is 0 Å². The van der Waals surface area contributed by atoms with Gasteiger partial charge < -0.3 is 9.84 Å². The van der Waals surface area contributed by atoms with Crippen LogP contribution in [0.5, 0.6) is 5.75 Å². The van der Waals surface area contributed by atoms with Crippen LogP contribution in [0.1, 0.15) is 15.9 Å². The number of carbonyl (C=O) groups is 2. The van der Waals surface area contributed by atoms with E-state index in [1.165, 1.54) is 24.1 Å². The zero-order chi connectivity index (χ0) is 20.4. The SMILES string of the molecule is COc1c(Cl)cc(Cl)cc1C=C1SC(=Nc2cccc(C(=O)O)c2)N(C)C1=O. The smallest absolute Gasteiger partial charge is 0.335 e. The van der Waals surface area contributed by atoms with E-state index in [-0.39, 0.29) is 11.5 Å². The molecule has 0 saturated carbocycles. The highest BCUT2D eigenvalue weighted by molar-refractivity contribution is 8.18. The minimum absolute atomic E-state index is 0.118. The third-order valence-electron chi connectivity index (χ3n) is 3.85. The summed E-state index contributed by atoms with van der Waals surface area (Å²) < 4.78 is 5.31. The Hall–Kier alpha value is -2.48. The fourth-order valence-electron chi connectivity index (χ4n) is 2.51. The van der Waals surface area contributed by atoms with E-state index < -0.39 is 5.97 Å². The second-order valence-corrected chi connectivity index (χ2v) is 7.59. The molecule has 3 rings (SSSR count). The number of halogens is 2. The summed E-state index contributed by atoms with van der Waals surface area (Å²) in [6.07, 6.45) is 1.64. The van der Waals surface area contributed by atoms with Gasteiger partial charge in [-0.2, -0.15) is 0 Å². The van der Waals surface area contributed by atoms with Gasteiger partial charge in [-0.1, -0.05) is 29.3 Å². The minimum Gasteiger partial charge on any atom is -0.495 e. The van der Waals surface area contributed by atoms with Crippen LogP contribution in [0.4, 0.5) is 5.69 Å². The van der Waals surface area contributed by atoms with Gasteiger partial charge in [-0.25, -0.2) is 9.79 Å². The van der Waals surface area contributed by atoms with E-state index in [9.17, 15) is 9.59 Å². The van der Waals surface area contributed by atoms with Crippen LogP contribution in [0.15, 0.2) is 46.3 Å². The fraction of sp³-hybridized carbons (Fsp3) is 0.105. The summed E-state index contributed by atoms with van der Waals surface area (Å²) in [5, 5.41) is 10.3. The maximum absolute atomic E-state index is 12.6. The van der Waals surface area contributed by atoms with Gasteiger partial charge in [-0.15, -0.1) is 0 Å². The molecular weight excluding hydrogens is 423 g/mol. The first-order chi connectivity index (χ1) is 13.3. The molecule has 0 bridgehead atoms. The third-order valence-corrected chi connectivity index (χ3v) is 5.41. The van der Waals surface area contributed by atoms with Crippen molar-refractivity contribution in [3.8, 4) is 5.75 Å². The van der Waals surface area contributed by atoms with Gasteiger partial charge >= 0.3 is 5.97 Å². The molecule has 9 heteroatoms. The Balaban J connectivity index is 1.97. The van der Waals surface area contributed by atoms with Crippen molar-refractivity contribution < 1.29 is 19.4 Å². The van der Waals surface area contributed by atoms with Crippen molar-refractivity contribution in [1.82, 2.24) is 4.90 Å². The summed E-state index contributed by atoms with van der Waals surface area (Å²) in [6, 6.07) is 9.39. The van der Waals surface area contributed by atoms with Gasteiger partial charge in [0.1, 0.15) is 5.75 Å². The lowest BCUT2D eigenvalue weighted by molar-refractivity contribution is -0.121. The van der Waals surface area contributed by atoms with Crippen molar-refractivity contribution >= 4 is 63.8 Å². The summed E-state index contributed by atoms with van der Waals surface area (Å²) in [6.45, 7) is 0. The monoisotopic (exact) mass is 436 g/mol. The van der Waals surface area contributed by atoms with Crippen LogP contribution in [-0.4, -0.2) is 41.2 Å². The van der Waals surface area contributed by atoms with Gasteiger partial charge in [-0.3, -0.25) is 9.69 Å². The molecule has 144 valence electrons. The second kappa shape index (κ2) is 8.26. The van der Waals surface area contributed by atoms with Gasteiger partial charge in [-0.05, 0) is 48.2 Å². The lowest BCUT2D eigenvalue weighted by Crippen LogP contribution is -2.23. The first-order valence-electron chi connectivity index (χ1n) is 7.93. The van der Waals surface area contributed by atoms with Gasteiger partial charge in [0.25, 0.3) is 5.91 Å². The molecule has 0 spiro atoms. The fourth-order valence-corrected chi connectivity index (χ4v) is 4.08. The molecule has 1 saturated heterocycles.